The summed E-state index contributed by atoms with van der Waals surface area (Å²) in [5.74, 6) is -0.583. The smallest absolute Gasteiger partial charge is 0.329 e. The normalized spacial score (nSPS) is 20.7. The molecule has 0 saturated heterocycles. The van der Waals surface area contributed by atoms with Crippen LogP contribution in [0.1, 0.15) is 38.2 Å². The highest BCUT2D eigenvalue weighted by molar-refractivity contribution is 5.85. The van der Waals surface area contributed by atoms with Gasteiger partial charge in [-0.1, -0.05) is 50.1 Å². The Labute approximate surface area is 153 Å². The Bertz CT molecular complexity index is 620. The monoisotopic (exact) mass is 361 g/mol. The van der Waals surface area contributed by atoms with E-state index in [9.17, 15) is 14.4 Å². The summed E-state index contributed by atoms with van der Waals surface area (Å²) in [4.78, 5) is 35.5. The van der Waals surface area contributed by atoms with Crippen LogP contribution in [0.2, 0.25) is 0 Å². The molecule has 0 heterocycles. The van der Waals surface area contributed by atoms with E-state index in [0.29, 0.717) is 5.92 Å². The van der Waals surface area contributed by atoms with Gasteiger partial charge in [0.1, 0.15) is 6.04 Å². The van der Waals surface area contributed by atoms with Gasteiger partial charge in [0.15, 0.2) is 6.61 Å². The molecule has 1 saturated carbocycles. The first-order chi connectivity index (χ1) is 12.5. The van der Waals surface area contributed by atoms with Gasteiger partial charge in [-0.25, -0.2) is 9.59 Å². The van der Waals surface area contributed by atoms with Crippen molar-refractivity contribution >= 4 is 17.9 Å². The van der Waals surface area contributed by atoms with Crippen molar-refractivity contribution < 1.29 is 19.1 Å². The maximum Gasteiger partial charge on any atom is 0.329 e. The first-order valence-electron chi connectivity index (χ1n) is 9.01. The van der Waals surface area contributed by atoms with Crippen molar-refractivity contribution in [1.82, 2.24) is 10.6 Å². The van der Waals surface area contributed by atoms with E-state index in [0.717, 1.165) is 24.8 Å². The molecule has 3 atom stereocenters. The average Bonchev–Trinajstić information content (AvgIpc) is 2.61. The van der Waals surface area contributed by atoms with E-state index in [-0.39, 0.29) is 25.0 Å². The molecule has 2 rings (SSSR count). The molecule has 7 heteroatoms. The fourth-order valence-electron chi connectivity index (χ4n) is 3.23. The fourth-order valence-corrected chi connectivity index (χ4v) is 3.23. The third-order valence-corrected chi connectivity index (χ3v) is 4.69. The highest BCUT2D eigenvalue weighted by atomic mass is 16.5. The molecule has 0 bridgehead atoms. The summed E-state index contributed by atoms with van der Waals surface area (Å²) in [6.45, 7) is 1.75. The van der Waals surface area contributed by atoms with Crippen LogP contribution < -0.4 is 16.4 Å². The number of amides is 3. The Kier molecular flexibility index (Phi) is 7.44. The van der Waals surface area contributed by atoms with Gasteiger partial charge in [-0.2, -0.15) is 0 Å². The third-order valence-electron chi connectivity index (χ3n) is 4.69. The van der Waals surface area contributed by atoms with Gasteiger partial charge in [0.25, 0.3) is 5.91 Å². The van der Waals surface area contributed by atoms with Crippen LogP contribution in [0.4, 0.5) is 4.79 Å². The predicted octanol–water partition coefficient (Wildman–Crippen LogP) is 1.50. The Morgan fingerprint density at radius 1 is 1.19 bits per heavy atom. The minimum absolute atomic E-state index is 0.124. The Morgan fingerprint density at radius 3 is 2.54 bits per heavy atom. The second-order valence-corrected chi connectivity index (χ2v) is 6.79. The molecule has 0 unspecified atom stereocenters. The number of carbonyl (C=O) groups excluding carboxylic acids is 3. The van der Waals surface area contributed by atoms with Crippen LogP contribution in [0.25, 0.3) is 0 Å². The van der Waals surface area contributed by atoms with Gasteiger partial charge in [-0.05, 0) is 24.3 Å². The maximum atomic E-state index is 12.3. The van der Waals surface area contributed by atoms with Gasteiger partial charge in [0, 0.05) is 12.5 Å². The highest BCUT2D eigenvalue weighted by Crippen LogP contribution is 2.23. The molecule has 1 fully saturated rings. The summed E-state index contributed by atoms with van der Waals surface area (Å²) in [6.07, 6.45) is 4.55. The Hall–Kier alpha value is -2.57. The lowest BCUT2D eigenvalue weighted by molar-refractivity contribution is -0.150. The number of ether oxygens (including phenoxy) is 1. The topological polar surface area (TPSA) is 111 Å². The van der Waals surface area contributed by atoms with E-state index in [1.807, 2.05) is 30.3 Å². The lowest BCUT2D eigenvalue weighted by Gasteiger charge is -2.29. The SMILES string of the molecule is C[C@@H]1CCCC[C@@H]1NC(=O)COC(=O)[C@H](Cc1ccccc1)NC(N)=O. The number of hydrogen-bond acceptors (Lipinski definition) is 4. The van der Waals surface area contributed by atoms with Gasteiger partial charge in [0.05, 0.1) is 0 Å². The zero-order chi connectivity index (χ0) is 18.9. The molecule has 26 heavy (non-hydrogen) atoms. The minimum atomic E-state index is -0.934. The largest absolute Gasteiger partial charge is 0.454 e. The van der Waals surface area contributed by atoms with Gasteiger partial charge in [-0.3, -0.25) is 4.79 Å². The van der Waals surface area contributed by atoms with Gasteiger partial charge in [0.2, 0.25) is 0 Å². The van der Waals surface area contributed by atoms with Gasteiger partial charge >= 0.3 is 12.0 Å². The zero-order valence-corrected chi connectivity index (χ0v) is 15.1. The summed E-state index contributed by atoms with van der Waals surface area (Å²) in [6, 6.07) is 7.56. The van der Waals surface area contributed by atoms with Crippen molar-refractivity contribution in [2.45, 2.75) is 51.1 Å². The Morgan fingerprint density at radius 2 is 1.88 bits per heavy atom. The molecule has 0 radical (unpaired) electrons. The third kappa shape index (κ3) is 6.38. The number of benzene rings is 1. The van der Waals surface area contributed by atoms with Crippen molar-refractivity contribution in [2.24, 2.45) is 11.7 Å². The number of carbonyl (C=O) groups is 3. The lowest BCUT2D eigenvalue weighted by atomic mass is 9.86. The molecule has 0 aromatic heterocycles. The average molecular weight is 361 g/mol. The molecule has 0 aliphatic heterocycles. The van der Waals surface area contributed by atoms with Crippen molar-refractivity contribution in [2.75, 3.05) is 6.61 Å². The van der Waals surface area contributed by atoms with E-state index in [1.165, 1.54) is 6.42 Å². The first kappa shape index (κ1) is 19.8. The lowest BCUT2D eigenvalue weighted by Crippen LogP contribution is -2.47. The summed E-state index contributed by atoms with van der Waals surface area (Å²) in [5.41, 5.74) is 5.99. The quantitative estimate of drug-likeness (QED) is 0.639. The number of esters is 1. The molecule has 142 valence electrons. The molecule has 0 spiro atoms. The van der Waals surface area contributed by atoms with Crippen LogP contribution in [-0.2, 0) is 20.7 Å². The van der Waals surface area contributed by atoms with Crippen molar-refractivity contribution in [3.63, 3.8) is 0 Å². The van der Waals surface area contributed by atoms with Crippen LogP contribution in [0.3, 0.4) is 0 Å². The van der Waals surface area contributed by atoms with Crippen LogP contribution in [-0.4, -0.2) is 36.6 Å². The second kappa shape index (κ2) is 9.79. The molecule has 7 nitrogen and oxygen atoms in total. The molecule has 3 amide bonds. The zero-order valence-electron chi connectivity index (χ0n) is 15.1. The standard InChI is InChI=1S/C19H27N3O4/c1-13-7-5-6-10-15(13)21-17(23)12-26-18(24)16(22-19(20)25)11-14-8-3-2-4-9-14/h2-4,8-9,13,15-16H,5-7,10-12H2,1H3,(H,21,23)(H3,20,22,25)/t13-,15+,16+/m1/s1. The van der Waals surface area contributed by atoms with E-state index in [4.69, 9.17) is 10.5 Å². The van der Waals surface area contributed by atoms with Gasteiger partial charge in [-0.15, -0.1) is 0 Å². The molecular weight excluding hydrogens is 334 g/mol. The summed E-state index contributed by atoms with van der Waals surface area (Å²) in [5, 5.41) is 5.30. The number of nitrogens with one attached hydrogen (secondary N) is 2. The fraction of sp³-hybridized carbons (Fsp3) is 0.526. The molecule has 4 N–H and O–H groups in total. The molecule has 1 aliphatic rings. The van der Waals surface area contributed by atoms with Crippen LogP contribution in [0, 0.1) is 5.92 Å². The number of hydrogen-bond donors (Lipinski definition) is 3. The molecule has 1 aromatic rings. The number of nitrogens with two attached hydrogens (primary N) is 1. The highest BCUT2D eigenvalue weighted by Gasteiger charge is 2.25. The number of rotatable bonds is 7. The van der Waals surface area contributed by atoms with Crippen molar-refractivity contribution in [3.8, 4) is 0 Å². The van der Waals surface area contributed by atoms with Crippen molar-refractivity contribution in [3.05, 3.63) is 35.9 Å². The van der Waals surface area contributed by atoms with E-state index >= 15 is 0 Å². The predicted molar refractivity (Wildman–Crippen MR) is 97.2 cm³/mol. The van der Waals surface area contributed by atoms with E-state index < -0.39 is 18.0 Å². The van der Waals surface area contributed by atoms with Crippen molar-refractivity contribution in [1.29, 1.82) is 0 Å². The van der Waals surface area contributed by atoms with Crippen LogP contribution in [0.5, 0.6) is 0 Å². The molecule has 1 aliphatic carbocycles. The van der Waals surface area contributed by atoms with E-state index in [2.05, 4.69) is 17.6 Å². The maximum absolute atomic E-state index is 12.3. The van der Waals surface area contributed by atoms with Gasteiger partial charge < -0.3 is 21.1 Å². The summed E-state index contributed by atoms with van der Waals surface area (Å²) < 4.78 is 5.09. The van der Waals surface area contributed by atoms with Crippen LogP contribution in [0.15, 0.2) is 30.3 Å². The molecule has 1 aromatic carbocycles. The minimum Gasteiger partial charge on any atom is -0.454 e. The first-order valence-corrected chi connectivity index (χ1v) is 9.01. The Balaban J connectivity index is 1.85. The number of urea groups is 1. The van der Waals surface area contributed by atoms with Crippen LogP contribution >= 0.6 is 0 Å². The second-order valence-electron chi connectivity index (χ2n) is 6.79. The molecular formula is C19H27N3O4. The number of primary amides is 1. The summed E-state index contributed by atoms with van der Waals surface area (Å²) >= 11 is 0. The summed E-state index contributed by atoms with van der Waals surface area (Å²) in [7, 11) is 0. The van der Waals surface area contributed by atoms with E-state index in [1.54, 1.807) is 0 Å².